The van der Waals surface area contributed by atoms with E-state index in [2.05, 4.69) is 25.7 Å². The SMILES string of the molecule is CCCCCCN(CCCCCC)C(C)CN. The normalized spacial score (nSPS) is 13.2. The van der Waals surface area contributed by atoms with Gasteiger partial charge in [-0.05, 0) is 32.9 Å². The molecule has 0 aliphatic carbocycles. The Hall–Kier alpha value is -0.0800. The fourth-order valence-corrected chi connectivity index (χ4v) is 2.18. The minimum atomic E-state index is 0.554. The van der Waals surface area contributed by atoms with Crippen molar-refractivity contribution in [3.05, 3.63) is 0 Å². The molecule has 1 atom stereocenters. The topological polar surface area (TPSA) is 29.3 Å². The minimum Gasteiger partial charge on any atom is -0.329 e. The molecule has 0 radical (unpaired) electrons. The van der Waals surface area contributed by atoms with Crippen LogP contribution in [0.3, 0.4) is 0 Å². The van der Waals surface area contributed by atoms with Crippen LogP contribution in [0, 0.1) is 0 Å². The molecule has 1 unspecified atom stereocenters. The monoisotopic (exact) mass is 242 g/mol. The Morgan fingerprint density at radius 1 is 0.824 bits per heavy atom. The van der Waals surface area contributed by atoms with Crippen LogP contribution in [0.2, 0.25) is 0 Å². The molecule has 0 spiro atoms. The van der Waals surface area contributed by atoms with Crippen LogP contribution in [0.5, 0.6) is 0 Å². The average Bonchev–Trinajstić information content (AvgIpc) is 2.36. The van der Waals surface area contributed by atoms with Crippen LogP contribution >= 0.6 is 0 Å². The van der Waals surface area contributed by atoms with Gasteiger partial charge in [-0.25, -0.2) is 0 Å². The Morgan fingerprint density at radius 3 is 1.65 bits per heavy atom. The van der Waals surface area contributed by atoms with Gasteiger partial charge < -0.3 is 5.73 Å². The molecule has 2 nitrogen and oxygen atoms in total. The summed E-state index contributed by atoms with van der Waals surface area (Å²) < 4.78 is 0. The molecule has 0 fully saturated rings. The third-order valence-electron chi connectivity index (χ3n) is 3.56. The van der Waals surface area contributed by atoms with Crippen molar-refractivity contribution in [1.82, 2.24) is 4.90 Å². The number of unbranched alkanes of at least 4 members (excludes halogenated alkanes) is 6. The fourth-order valence-electron chi connectivity index (χ4n) is 2.18. The van der Waals surface area contributed by atoms with Crippen molar-refractivity contribution in [3.8, 4) is 0 Å². The number of nitrogens with two attached hydrogens (primary N) is 1. The second-order valence-corrected chi connectivity index (χ2v) is 5.24. The Morgan fingerprint density at radius 2 is 1.29 bits per heavy atom. The zero-order chi connectivity index (χ0) is 12.9. The van der Waals surface area contributed by atoms with Crippen molar-refractivity contribution in [2.24, 2.45) is 5.73 Å². The third kappa shape index (κ3) is 9.61. The van der Waals surface area contributed by atoms with Crippen molar-refractivity contribution >= 4 is 0 Å². The highest BCUT2D eigenvalue weighted by Gasteiger charge is 2.10. The number of hydrogen-bond donors (Lipinski definition) is 1. The van der Waals surface area contributed by atoms with E-state index in [4.69, 9.17) is 5.73 Å². The predicted molar refractivity (Wildman–Crippen MR) is 78.4 cm³/mol. The van der Waals surface area contributed by atoms with Crippen LogP contribution in [0.15, 0.2) is 0 Å². The summed E-state index contributed by atoms with van der Waals surface area (Å²) >= 11 is 0. The van der Waals surface area contributed by atoms with Crippen LogP contribution < -0.4 is 5.73 Å². The van der Waals surface area contributed by atoms with E-state index in [1.165, 1.54) is 64.5 Å². The first-order chi connectivity index (χ1) is 8.26. The maximum Gasteiger partial charge on any atom is 0.0190 e. The largest absolute Gasteiger partial charge is 0.329 e. The van der Waals surface area contributed by atoms with Crippen LogP contribution in [0.4, 0.5) is 0 Å². The molecule has 0 aromatic heterocycles. The van der Waals surface area contributed by atoms with Gasteiger partial charge in [0, 0.05) is 12.6 Å². The molecule has 2 heteroatoms. The Labute approximate surface area is 109 Å². The summed E-state index contributed by atoms with van der Waals surface area (Å²) in [5, 5.41) is 0. The van der Waals surface area contributed by atoms with Crippen LogP contribution in [-0.2, 0) is 0 Å². The summed E-state index contributed by atoms with van der Waals surface area (Å²) in [7, 11) is 0. The summed E-state index contributed by atoms with van der Waals surface area (Å²) in [4.78, 5) is 2.59. The smallest absolute Gasteiger partial charge is 0.0190 e. The highest BCUT2D eigenvalue weighted by Crippen LogP contribution is 2.08. The Balaban J connectivity index is 3.72. The molecule has 2 N–H and O–H groups in total. The lowest BCUT2D eigenvalue weighted by Crippen LogP contribution is -2.39. The van der Waals surface area contributed by atoms with Gasteiger partial charge in [0.1, 0.15) is 0 Å². The van der Waals surface area contributed by atoms with Gasteiger partial charge in [0.15, 0.2) is 0 Å². The van der Waals surface area contributed by atoms with Crippen LogP contribution in [-0.4, -0.2) is 30.6 Å². The van der Waals surface area contributed by atoms with Crippen LogP contribution in [0.25, 0.3) is 0 Å². The lowest BCUT2D eigenvalue weighted by Gasteiger charge is -2.28. The van der Waals surface area contributed by atoms with Gasteiger partial charge in [-0.3, -0.25) is 4.90 Å². The van der Waals surface area contributed by atoms with Gasteiger partial charge in [-0.15, -0.1) is 0 Å². The van der Waals surface area contributed by atoms with E-state index in [9.17, 15) is 0 Å². The summed E-state index contributed by atoms with van der Waals surface area (Å²) in [5.74, 6) is 0. The molecule has 0 aromatic rings. The predicted octanol–water partition coefficient (Wildman–Crippen LogP) is 3.80. The van der Waals surface area contributed by atoms with Gasteiger partial charge in [-0.2, -0.15) is 0 Å². The molecule has 0 aromatic carbocycles. The fraction of sp³-hybridized carbons (Fsp3) is 1.00. The van der Waals surface area contributed by atoms with Crippen molar-refractivity contribution in [2.75, 3.05) is 19.6 Å². The van der Waals surface area contributed by atoms with E-state index in [1.54, 1.807) is 0 Å². The summed E-state index contributed by atoms with van der Waals surface area (Å²) in [6.07, 6.45) is 10.8. The first kappa shape index (κ1) is 16.9. The maximum absolute atomic E-state index is 5.79. The van der Waals surface area contributed by atoms with Crippen molar-refractivity contribution < 1.29 is 0 Å². The highest BCUT2D eigenvalue weighted by molar-refractivity contribution is 4.68. The third-order valence-corrected chi connectivity index (χ3v) is 3.56. The Kier molecular flexibility index (Phi) is 12.3. The molecule has 0 aliphatic heterocycles. The minimum absolute atomic E-state index is 0.554. The van der Waals surface area contributed by atoms with Crippen molar-refractivity contribution in [2.45, 2.75) is 78.2 Å². The summed E-state index contributed by atoms with van der Waals surface area (Å²) in [6, 6.07) is 0.554. The van der Waals surface area contributed by atoms with E-state index in [0.29, 0.717) is 6.04 Å². The van der Waals surface area contributed by atoms with Gasteiger partial charge in [0.05, 0.1) is 0 Å². The lowest BCUT2D eigenvalue weighted by atomic mass is 10.1. The van der Waals surface area contributed by atoms with Gasteiger partial charge in [0.25, 0.3) is 0 Å². The zero-order valence-electron chi connectivity index (χ0n) is 12.4. The van der Waals surface area contributed by atoms with E-state index >= 15 is 0 Å². The first-order valence-corrected chi connectivity index (χ1v) is 7.70. The molecule has 104 valence electrons. The molecule has 0 amide bonds. The quantitative estimate of drug-likeness (QED) is 0.528. The summed E-state index contributed by atoms with van der Waals surface area (Å²) in [6.45, 7) is 10.1. The molecule has 0 saturated heterocycles. The first-order valence-electron chi connectivity index (χ1n) is 7.70. The molecule has 17 heavy (non-hydrogen) atoms. The second-order valence-electron chi connectivity index (χ2n) is 5.24. The lowest BCUT2D eigenvalue weighted by molar-refractivity contribution is 0.204. The second kappa shape index (κ2) is 12.4. The highest BCUT2D eigenvalue weighted by atomic mass is 15.2. The molecule has 0 rings (SSSR count). The number of nitrogens with zero attached hydrogens (tertiary/aromatic N) is 1. The van der Waals surface area contributed by atoms with Gasteiger partial charge >= 0.3 is 0 Å². The molecule has 0 saturated carbocycles. The molecule has 0 aliphatic rings. The standard InChI is InChI=1S/C15H34N2/c1-4-6-8-10-12-17(15(3)14-16)13-11-9-7-5-2/h15H,4-14,16H2,1-3H3. The van der Waals surface area contributed by atoms with Crippen molar-refractivity contribution in [3.63, 3.8) is 0 Å². The zero-order valence-corrected chi connectivity index (χ0v) is 12.4. The van der Waals surface area contributed by atoms with Crippen LogP contribution in [0.1, 0.15) is 72.1 Å². The van der Waals surface area contributed by atoms with Gasteiger partial charge in [0.2, 0.25) is 0 Å². The van der Waals surface area contributed by atoms with E-state index < -0.39 is 0 Å². The maximum atomic E-state index is 5.79. The van der Waals surface area contributed by atoms with Crippen molar-refractivity contribution in [1.29, 1.82) is 0 Å². The molecule has 0 heterocycles. The number of rotatable bonds is 12. The Bertz CT molecular complexity index is 136. The average molecular weight is 242 g/mol. The number of hydrogen-bond acceptors (Lipinski definition) is 2. The van der Waals surface area contributed by atoms with E-state index in [1.807, 2.05) is 0 Å². The van der Waals surface area contributed by atoms with Gasteiger partial charge in [-0.1, -0.05) is 52.4 Å². The summed E-state index contributed by atoms with van der Waals surface area (Å²) in [5.41, 5.74) is 5.79. The molecular weight excluding hydrogens is 208 g/mol. The molecular formula is C15H34N2. The van der Waals surface area contributed by atoms with E-state index in [-0.39, 0.29) is 0 Å². The van der Waals surface area contributed by atoms with E-state index in [0.717, 1.165) is 6.54 Å². The molecule has 0 bridgehead atoms.